The second-order valence-corrected chi connectivity index (χ2v) is 8.61. The van der Waals surface area contributed by atoms with Crippen molar-refractivity contribution in [2.24, 2.45) is 0 Å². The number of aromatic nitrogens is 8. The first kappa shape index (κ1) is 20.6. The molecule has 162 valence electrons. The highest BCUT2D eigenvalue weighted by Crippen LogP contribution is 2.28. The molecule has 9 heteroatoms. The highest BCUT2D eigenvalue weighted by atomic mass is 79.9. The number of nitrogens with one attached hydrogen (secondary N) is 1. The molecule has 0 unspecified atom stereocenters. The standard InChI is InChI=1S/C23H23BrN8/c1-3-4-5-20-26-21-15(2)12-13-25-23(21)31(20)14-16-6-8-17(9-7-16)32-18(10-11-19(32)24)22-27-29-30-28-22/h6-13H,3-5,14H2,1-2H3,(H,27,28,29,30). The maximum Gasteiger partial charge on any atom is 0.221 e. The second-order valence-electron chi connectivity index (χ2n) is 7.80. The third kappa shape index (κ3) is 3.73. The molecule has 0 saturated carbocycles. The lowest BCUT2D eigenvalue weighted by Gasteiger charge is -2.12. The van der Waals surface area contributed by atoms with Crippen molar-refractivity contribution >= 4 is 27.1 Å². The molecule has 5 rings (SSSR count). The first-order valence-corrected chi connectivity index (χ1v) is 11.5. The summed E-state index contributed by atoms with van der Waals surface area (Å²) in [4.78, 5) is 9.57. The van der Waals surface area contributed by atoms with Gasteiger partial charge in [-0.05, 0) is 75.9 Å². The summed E-state index contributed by atoms with van der Waals surface area (Å²) in [5, 5.41) is 14.4. The first-order valence-electron chi connectivity index (χ1n) is 10.7. The van der Waals surface area contributed by atoms with E-state index in [0.717, 1.165) is 64.3 Å². The molecule has 32 heavy (non-hydrogen) atoms. The van der Waals surface area contributed by atoms with Gasteiger partial charge in [-0.25, -0.2) is 9.97 Å². The van der Waals surface area contributed by atoms with Crippen molar-refractivity contribution in [2.75, 3.05) is 0 Å². The zero-order chi connectivity index (χ0) is 22.1. The Hall–Kier alpha value is -3.33. The number of imidazole rings is 1. The van der Waals surface area contributed by atoms with Crippen LogP contribution in [-0.4, -0.2) is 39.7 Å². The van der Waals surface area contributed by atoms with Gasteiger partial charge in [-0.15, -0.1) is 10.2 Å². The van der Waals surface area contributed by atoms with Gasteiger partial charge in [0.2, 0.25) is 5.82 Å². The number of aryl methyl sites for hydroxylation is 2. The lowest BCUT2D eigenvalue weighted by Crippen LogP contribution is -2.06. The van der Waals surface area contributed by atoms with E-state index in [9.17, 15) is 0 Å². The van der Waals surface area contributed by atoms with E-state index >= 15 is 0 Å². The molecule has 4 aromatic heterocycles. The molecule has 1 N–H and O–H groups in total. The number of tetrazole rings is 1. The lowest BCUT2D eigenvalue weighted by atomic mass is 10.2. The van der Waals surface area contributed by atoms with Crippen molar-refractivity contribution in [3.8, 4) is 17.2 Å². The molecular weight excluding hydrogens is 468 g/mol. The van der Waals surface area contributed by atoms with Gasteiger partial charge < -0.3 is 9.13 Å². The van der Waals surface area contributed by atoms with Gasteiger partial charge in [0, 0.05) is 18.3 Å². The molecule has 0 aliphatic heterocycles. The van der Waals surface area contributed by atoms with E-state index in [0.29, 0.717) is 5.82 Å². The Bertz CT molecular complexity index is 1350. The quantitative estimate of drug-likeness (QED) is 0.351. The minimum atomic E-state index is 0.548. The van der Waals surface area contributed by atoms with Crippen LogP contribution in [0, 0.1) is 6.92 Å². The molecule has 0 amide bonds. The second kappa shape index (κ2) is 8.66. The molecule has 0 fully saturated rings. The average molecular weight is 491 g/mol. The molecule has 0 spiro atoms. The summed E-state index contributed by atoms with van der Waals surface area (Å²) < 4.78 is 5.23. The van der Waals surface area contributed by atoms with Gasteiger partial charge in [0.25, 0.3) is 0 Å². The largest absolute Gasteiger partial charge is 0.308 e. The number of benzene rings is 1. The monoisotopic (exact) mass is 490 g/mol. The van der Waals surface area contributed by atoms with Crippen LogP contribution in [0.15, 0.2) is 53.3 Å². The third-order valence-corrected chi connectivity index (χ3v) is 6.23. The van der Waals surface area contributed by atoms with Crippen LogP contribution in [-0.2, 0) is 13.0 Å². The molecule has 0 aliphatic carbocycles. The Morgan fingerprint density at radius 2 is 1.91 bits per heavy atom. The fraction of sp³-hybridized carbons (Fsp3) is 0.261. The highest BCUT2D eigenvalue weighted by Gasteiger charge is 2.16. The summed E-state index contributed by atoms with van der Waals surface area (Å²) >= 11 is 3.63. The maximum absolute atomic E-state index is 4.92. The number of hydrogen-bond donors (Lipinski definition) is 1. The van der Waals surface area contributed by atoms with Crippen LogP contribution in [0.3, 0.4) is 0 Å². The summed E-state index contributed by atoms with van der Waals surface area (Å²) in [5.74, 6) is 1.65. The van der Waals surface area contributed by atoms with E-state index in [-0.39, 0.29) is 0 Å². The van der Waals surface area contributed by atoms with E-state index in [4.69, 9.17) is 4.98 Å². The van der Waals surface area contributed by atoms with Crippen molar-refractivity contribution in [1.29, 1.82) is 0 Å². The van der Waals surface area contributed by atoms with E-state index < -0.39 is 0 Å². The van der Waals surface area contributed by atoms with E-state index in [2.05, 4.69) is 88.8 Å². The molecule has 8 nitrogen and oxygen atoms in total. The topological polar surface area (TPSA) is 90.1 Å². The number of halogens is 1. The molecule has 1 aromatic carbocycles. The fourth-order valence-electron chi connectivity index (χ4n) is 3.93. The molecule has 0 bridgehead atoms. The van der Waals surface area contributed by atoms with Crippen molar-refractivity contribution in [3.05, 3.63) is 70.2 Å². The Kier molecular flexibility index (Phi) is 5.57. The summed E-state index contributed by atoms with van der Waals surface area (Å²) in [6.07, 6.45) is 5.07. The molecule has 0 radical (unpaired) electrons. The van der Waals surface area contributed by atoms with Crippen LogP contribution in [0.5, 0.6) is 0 Å². The molecule has 4 heterocycles. The number of aromatic amines is 1. The van der Waals surface area contributed by atoms with E-state index in [1.165, 1.54) is 5.56 Å². The van der Waals surface area contributed by atoms with Gasteiger partial charge >= 0.3 is 0 Å². The van der Waals surface area contributed by atoms with Crippen LogP contribution < -0.4 is 0 Å². The van der Waals surface area contributed by atoms with Gasteiger partial charge in [0.15, 0.2) is 5.65 Å². The SMILES string of the molecule is CCCCc1nc2c(C)ccnc2n1Cc1ccc(-n2c(Br)ccc2-c2nn[nH]n2)cc1. The Morgan fingerprint density at radius 3 is 2.66 bits per heavy atom. The fourth-order valence-corrected chi connectivity index (χ4v) is 4.46. The summed E-state index contributed by atoms with van der Waals surface area (Å²) in [6, 6.07) is 14.5. The van der Waals surface area contributed by atoms with Gasteiger partial charge in [0.05, 0.1) is 16.8 Å². The highest BCUT2D eigenvalue weighted by molar-refractivity contribution is 9.10. The first-order chi connectivity index (χ1) is 15.7. The summed E-state index contributed by atoms with van der Waals surface area (Å²) in [6.45, 7) is 5.03. The predicted molar refractivity (Wildman–Crippen MR) is 127 cm³/mol. The Labute approximate surface area is 193 Å². The van der Waals surface area contributed by atoms with Crippen LogP contribution in [0.25, 0.3) is 28.4 Å². The zero-order valence-electron chi connectivity index (χ0n) is 18.0. The number of pyridine rings is 1. The van der Waals surface area contributed by atoms with Gasteiger partial charge in [-0.1, -0.05) is 25.5 Å². The Balaban J connectivity index is 1.49. The third-order valence-electron chi connectivity index (χ3n) is 5.61. The number of rotatable bonds is 7. The molecular formula is C23H23BrN8. The average Bonchev–Trinajstić information content (AvgIpc) is 3.53. The normalized spacial score (nSPS) is 11.5. The summed E-state index contributed by atoms with van der Waals surface area (Å²) in [5.41, 5.74) is 6.18. The summed E-state index contributed by atoms with van der Waals surface area (Å²) in [7, 11) is 0. The molecule has 0 saturated heterocycles. The van der Waals surface area contributed by atoms with E-state index in [1.807, 2.05) is 24.4 Å². The van der Waals surface area contributed by atoms with Gasteiger partial charge in [0.1, 0.15) is 11.3 Å². The number of fused-ring (bicyclic) bond motifs is 1. The minimum absolute atomic E-state index is 0.548. The number of hydrogen-bond acceptors (Lipinski definition) is 5. The zero-order valence-corrected chi connectivity index (χ0v) is 19.5. The van der Waals surface area contributed by atoms with Crippen molar-refractivity contribution in [2.45, 2.75) is 39.7 Å². The minimum Gasteiger partial charge on any atom is -0.308 e. The van der Waals surface area contributed by atoms with Crippen molar-refractivity contribution < 1.29 is 0 Å². The van der Waals surface area contributed by atoms with Crippen LogP contribution in [0.4, 0.5) is 0 Å². The van der Waals surface area contributed by atoms with Crippen LogP contribution >= 0.6 is 15.9 Å². The van der Waals surface area contributed by atoms with Crippen LogP contribution in [0.1, 0.15) is 36.7 Å². The van der Waals surface area contributed by atoms with Crippen molar-refractivity contribution in [3.63, 3.8) is 0 Å². The smallest absolute Gasteiger partial charge is 0.221 e. The maximum atomic E-state index is 4.92. The molecule has 0 atom stereocenters. The Morgan fingerprint density at radius 1 is 1.06 bits per heavy atom. The molecule has 0 aliphatic rings. The van der Waals surface area contributed by atoms with Crippen molar-refractivity contribution in [1.82, 2.24) is 39.7 Å². The van der Waals surface area contributed by atoms with E-state index in [1.54, 1.807) is 0 Å². The predicted octanol–water partition coefficient (Wildman–Crippen LogP) is 4.86. The number of nitrogens with zero attached hydrogens (tertiary/aromatic N) is 7. The number of H-pyrrole nitrogens is 1. The van der Waals surface area contributed by atoms with Gasteiger partial charge in [-0.3, -0.25) is 0 Å². The number of unbranched alkanes of at least 4 members (excludes halogenated alkanes) is 1. The van der Waals surface area contributed by atoms with Crippen LogP contribution in [0.2, 0.25) is 0 Å². The molecule has 5 aromatic rings. The van der Waals surface area contributed by atoms with Gasteiger partial charge in [-0.2, -0.15) is 5.21 Å². The lowest BCUT2D eigenvalue weighted by molar-refractivity contribution is 0.686.